The standard InChI is InChI=1S/C34H52/c1-3-5-7-9-10-12-14-16-30-19-23-32(24-20-30)34-27-25-33(26-28-34)31-21-17-29(18-22-31)15-13-11-8-6-4-2/h19-20,23-29,31H,3-18,21-22H2,1-2H3. The summed E-state index contributed by atoms with van der Waals surface area (Å²) in [5, 5.41) is 0. The molecule has 1 saturated carbocycles. The lowest BCUT2D eigenvalue weighted by Crippen LogP contribution is -2.13. The molecule has 1 aliphatic rings. The van der Waals surface area contributed by atoms with E-state index in [9.17, 15) is 0 Å². The van der Waals surface area contributed by atoms with Gasteiger partial charge in [-0.2, -0.15) is 0 Å². The molecule has 1 aliphatic carbocycles. The predicted molar refractivity (Wildman–Crippen MR) is 152 cm³/mol. The van der Waals surface area contributed by atoms with Crippen molar-refractivity contribution in [2.75, 3.05) is 0 Å². The normalized spacial score (nSPS) is 18.3. The highest BCUT2D eigenvalue weighted by molar-refractivity contribution is 5.64. The topological polar surface area (TPSA) is 0 Å². The van der Waals surface area contributed by atoms with Crippen molar-refractivity contribution in [3.8, 4) is 11.1 Å². The average Bonchev–Trinajstić information content (AvgIpc) is 2.89. The quantitative estimate of drug-likeness (QED) is 0.218. The number of benzene rings is 2. The van der Waals surface area contributed by atoms with E-state index in [1.54, 1.807) is 5.56 Å². The Bertz CT molecular complexity index is 746. The Kier molecular flexibility index (Phi) is 12.9. The number of rotatable bonds is 16. The summed E-state index contributed by atoms with van der Waals surface area (Å²) in [6.07, 6.45) is 25.2. The van der Waals surface area contributed by atoms with Gasteiger partial charge in [-0.3, -0.25) is 0 Å². The zero-order valence-electron chi connectivity index (χ0n) is 22.5. The van der Waals surface area contributed by atoms with Crippen LogP contribution >= 0.6 is 0 Å². The van der Waals surface area contributed by atoms with Crippen molar-refractivity contribution in [2.24, 2.45) is 5.92 Å². The van der Waals surface area contributed by atoms with Crippen LogP contribution in [-0.4, -0.2) is 0 Å². The van der Waals surface area contributed by atoms with Gasteiger partial charge in [0, 0.05) is 0 Å². The first kappa shape index (κ1) is 27.0. The number of hydrogen-bond donors (Lipinski definition) is 0. The largest absolute Gasteiger partial charge is 0.0654 e. The maximum absolute atomic E-state index is 2.41. The van der Waals surface area contributed by atoms with Gasteiger partial charge in [0.2, 0.25) is 0 Å². The molecule has 0 atom stereocenters. The highest BCUT2D eigenvalue weighted by Gasteiger charge is 2.22. The summed E-state index contributed by atoms with van der Waals surface area (Å²) in [7, 11) is 0. The van der Waals surface area contributed by atoms with Crippen molar-refractivity contribution in [3.63, 3.8) is 0 Å². The molecule has 0 nitrogen and oxygen atoms in total. The maximum atomic E-state index is 2.41. The van der Waals surface area contributed by atoms with Crippen LogP contribution in [0.1, 0.15) is 140 Å². The van der Waals surface area contributed by atoms with Crippen LogP contribution in [0.25, 0.3) is 11.1 Å². The molecule has 0 spiro atoms. The molecule has 0 amide bonds. The predicted octanol–water partition coefficient (Wildman–Crippen LogP) is 11.3. The third-order valence-corrected chi connectivity index (χ3v) is 8.30. The molecule has 2 aromatic carbocycles. The van der Waals surface area contributed by atoms with E-state index in [0.717, 1.165) is 11.8 Å². The molecule has 0 unspecified atom stereocenters. The molecule has 0 aliphatic heterocycles. The SMILES string of the molecule is CCCCCCCCCc1ccc(-c2ccc(C3CCC(CCCCCCC)CC3)cc2)cc1. The van der Waals surface area contributed by atoms with E-state index in [1.165, 1.54) is 132 Å². The van der Waals surface area contributed by atoms with Gasteiger partial charge in [0.15, 0.2) is 0 Å². The number of hydrogen-bond acceptors (Lipinski definition) is 0. The molecule has 188 valence electrons. The maximum Gasteiger partial charge on any atom is -0.0162 e. The summed E-state index contributed by atoms with van der Waals surface area (Å²) in [5.74, 6) is 1.78. The van der Waals surface area contributed by atoms with Crippen LogP contribution in [0.4, 0.5) is 0 Å². The van der Waals surface area contributed by atoms with Crippen LogP contribution in [-0.2, 0) is 6.42 Å². The lowest BCUT2D eigenvalue weighted by atomic mass is 9.77. The number of unbranched alkanes of at least 4 members (excludes halogenated alkanes) is 10. The van der Waals surface area contributed by atoms with Gasteiger partial charge in [0.1, 0.15) is 0 Å². The monoisotopic (exact) mass is 460 g/mol. The van der Waals surface area contributed by atoms with Crippen LogP contribution in [0.15, 0.2) is 48.5 Å². The summed E-state index contributed by atoms with van der Waals surface area (Å²) >= 11 is 0. The fourth-order valence-corrected chi connectivity index (χ4v) is 5.92. The van der Waals surface area contributed by atoms with E-state index in [-0.39, 0.29) is 0 Å². The van der Waals surface area contributed by atoms with E-state index in [4.69, 9.17) is 0 Å². The summed E-state index contributed by atoms with van der Waals surface area (Å²) in [6.45, 7) is 4.60. The molecule has 0 heterocycles. The van der Waals surface area contributed by atoms with Gasteiger partial charge in [-0.05, 0) is 72.6 Å². The van der Waals surface area contributed by atoms with Crippen LogP contribution in [0.2, 0.25) is 0 Å². The second kappa shape index (κ2) is 16.2. The van der Waals surface area contributed by atoms with E-state index >= 15 is 0 Å². The van der Waals surface area contributed by atoms with Crippen LogP contribution < -0.4 is 0 Å². The summed E-state index contributed by atoms with van der Waals surface area (Å²) in [6, 6.07) is 18.9. The van der Waals surface area contributed by atoms with E-state index < -0.39 is 0 Å². The molecular weight excluding hydrogens is 408 g/mol. The van der Waals surface area contributed by atoms with E-state index in [2.05, 4.69) is 62.4 Å². The van der Waals surface area contributed by atoms with Gasteiger partial charge < -0.3 is 0 Å². The van der Waals surface area contributed by atoms with Crippen molar-refractivity contribution in [1.82, 2.24) is 0 Å². The molecule has 0 radical (unpaired) electrons. The molecule has 1 fully saturated rings. The lowest BCUT2D eigenvalue weighted by Gasteiger charge is -2.29. The van der Waals surface area contributed by atoms with Gasteiger partial charge in [-0.15, -0.1) is 0 Å². The van der Waals surface area contributed by atoms with Crippen molar-refractivity contribution in [3.05, 3.63) is 59.7 Å². The highest BCUT2D eigenvalue weighted by atomic mass is 14.3. The van der Waals surface area contributed by atoms with Crippen molar-refractivity contribution in [2.45, 2.75) is 135 Å². The fourth-order valence-electron chi connectivity index (χ4n) is 5.92. The minimum absolute atomic E-state index is 0.787. The first-order chi connectivity index (χ1) is 16.8. The Balaban J connectivity index is 1.37. The highest BCUT2D eigenvalue weighted by Crippen LogP contribution is 2.38. The minimum Gasteiger partial charge on any atom is -0.0654 e. The van der Waals surface area contributed by atoms with E-state index in [1.807, 2.05) is 0 Å². The Morgan fingerprint density at radius 3 is 1.62 bits per heavy atom. The van der Waals surface area contributed by atoms with Gasteiger partial charge in [-0.25, -0.2) is 0 Å². The molecule has 0 heteroatoms. The molecular formula is C34H52. The Morgan fingerprint density at radius 2 is 1.03 bits per heavy atom. The molecule has 34 heavy (non-hydrogen) atoms. The summed E-state index contributed by atoms with van der Waals surface area (Å²) in [4.78, 5) is 0. The minimum atomic E-state index is 0.787. The number of aryl methyl sites for hydroxylation is 1. The molecule has 0 aromatic heterocycles. The van der Waals surface area contributed by atoms with E-state index in [0.29, 0.717) is 0 Å². The summed E-state index contributed by atoms with van der Waals surface area (Å²) < 4.78 is 0. The first-order valence-electron chi connectivity index (χ1n) is 15.0. The Morgan fingerprint density at radius 1 is 0.529 bits per heavy atom. The second-order valence-electron chi connectivity index (χ2n) is 11.1. The van der Waals surface area contributed by atoms with Gasteiger partial charge in [-0.1, -0.05) is 139 Å². The van der Waals surface area contributed by atoms with Crippen LogP contribution in [0, 0.1) is 5.92 Å². The Labute approximate surface area is 212 Å². The van der Waals surface area contributed by atoms with Gasteiger partial charge in [0.25, 0.3) is 0 Å². The zero-order valence-corrected chi connectivity index (χ0v) is 22.5. The van der Waals surface area contributed by atoms with Crippen LogP contribution in [0.3, 0.4) is 0 Å². The fraction of sp³-hybridized carbons (Fsp3) is 0.647. The molecule has 2 aromatic rings. The van der Waals surface area contributed by atoms with Gasteiger partial charge >= 0.3 is 0 Å². The zero-order chi connectivity index (χ0) is 23.8. The third-order valence-electron chi connectivity index (χ3n) is 8.30. The lowest BCUT2D eigenvalue weighted by molar-refractivity contribution is 0.302. The smallest absolute Gasteiger partial charge is 0.0162 e. The second-order valence-corrected chi connectivity index (χ2v) is 11.1. The molecule has 0 saturated heterocycles. The Hall–Kier alpha value is -1.56. The molecule has 3 rings (SSSR count). The molecule has 0 bridgehead atoms. The third kappa shape index (κ3) is 9.59. The summed E-state index contributed by atoms with van der Waals surface area (Å²) in [5.41, 5.74) is 5.80. The van der Waals surface area contributed by atoms with Gasteiger partial charge in [0.05, 0.1) is 0 Å². The first-order valence-corrected chi connectivity index (χ1v) is 15.0. The average molecular weight is 461 g/mol. The van der Waals surface area contributed by atoms with Crippen molar-refractivity contribution in [1.29, 1.82) is 0 Å². The van der Waals surface area contributed by atoms with Crippen molar-refractivity contribution < 1.29 is 0 Å². The van der Waals surface area contributed by atoms with Crippen molar-refractivity contribution >= 4 is 0 Å². The molecule has 0 N–H and O–H groups in total. The van der Waals surface area contributed by atoms with Crippen LogP contribution in [0.5, 0.6) is 0 Å².